The lowest BCUT2D eigenvalue weighted by atomic mass is 10.1. The number of nitrogens with two attached hydrogens (primary N) is 1. The fourth-order valence-corrected chi connectivity index (χ4v) is 1.51. The van der Waals surface area contributed by atoms with Crippen LogP contribution < -0.4 is 11.1 Å². The largest absolute Gasteiger partial charge is 0.449 e. The summed E-state index contributed by atoms with van der Waals surface area (Å²) in [4.78, 5) is 23.3. The van der Waals surface area contributed by atoms with E-state index in [2.05, 4.69) is 5.32 Å². The van der Waals surface area contributed by atoms with Gasteiger partial charge in [-0.2, -0.15) is 0 Å². The van der Waals surface area contributed by atoms with Crippen molar-refractivity contribution in [3.63, 3.8) is 0 Å². The van der Waals surface area contributed by atoms with E-state index in [0.717, 1.165) is 5.56 Å². The van der Waals surface area contributed by atoms with E-state index in [1.807, 2.05) is 0 Å². The molecule has 3 N–H and O–H groups in total. The molecule has 5 heteroatoms. The fourth-order valence-electron chi connectivity index (χ4n) is 1.51. The third-order valence-corrected chi connectivity index (χ3v) is 2.47. The lowest BCUT2D eigenvalue weighted by Gasteiger charge is -2.13. The van der Waals surface area contributed by atoms with Crippen LogP contribution in [-0.2, 0) is 9.53 Å². The Hall–Kier alpha value is -2.04. The van der Waals surface area contributed by atoms with Crippen LogP contribution in [0.2, 0.25) is 0 Å². The van der Waals surface area contributed by atoms with Crippen molar-refractivity contribution >= 4 is 17.6 Å². The highest BCUT2D eigenvalue weighted by Crippen LogP contribution is 2.14. The molecule has 1 atom stereocenters. The van der Waals surface area contributed by atoms with Gasteiger partial charge >= 0.3 is 5.97 Å². The summed E-state index contributed by atoms with van der Waals surface area (Å²) in [5.74, 6) is -0.829. The van der Waals surface area contributed by atoms with Crippen LogP contribution >= 0.6 is 0 Å². The highest BCUT2D eigenvalue weighted by atomic mass is 16.5. The second kappa shape index (κ2) is 6.05. The summed E-state index contributed by atoms with van der Waals surface area (Å²) in [6, 6.07) is 4.91. The maximum atomic E-state index is 11.9. The summed E-state index contributed by atoms with van der Waals surface area (Å²) < 4.78 is 5.08. The van der Waals surface area contributed by atoms with Crippen LogP contribution in [0.4, 0.5) is 5.69 Å². The number of ether oxygens (including phenoxy) is 1. The molecule has 1 aromatic carbocycles. The first-order valence-electron chi connectivity index (χ1n) is 5.80. The summed E-state index contributed by atoms with van der Waals surface area (Å²) in [6.07, 6.45) is -0.811. The van der Waals surface area contributed by atoms with Crippen LogP contribution in [0.25, 0.3) is 0 Å². The molecule has 0 saturated carbocycles. The van der Waals surface area contributed by atoms with Crippen molar-refractivity contribution in [2.45, 2.75) is 26.9 Å². The molecule has 1 unspecified atom stereocenters. The average Bonchev–Trinajstić information content (AvgIpc) is 2.28. The molecule has 0 aliphatic heterocycles. The van der Waals surface area contributed by atoms with E-state index in [1.165, 1.54) is 6.92 Å². The number of carbonyl (C=O) groups is 2. The first kappa shape index (κ1) is 14.0. The van der Waals surface area contributed by atoms with Gasteiger partial charge in [-0.15, -0.1) is 0 Å². The Morgan fingerprint density at radius 3 is 2.67 bits per heavy atom. The number of aryl methyl sites for hydroxylation is 1. The molecule has 5 nitrogen and oxygen atoms in total. The minimum Gasteiger partial charge on any atom is -0.449 e. The molecule has 1 amide bonds. The third-order valence-electron chi connectivity index (χ3n) is 2.47. The third kappa shape index (κ3) is 3.48. The van der Waals surface area contributed by atoms with Gasteiger partial charge in [0.15, 0.2) is 6.10 Å². The van der Waals surface area contributed by atoms with Gasteiger partial charge in [0.25, 0.3) is 5.91 Å². The van der Waals surface area contributed by atoms with Crippen LogP contribution in [0.15, 0.2) is 18.2 Å². The van der Waals surface area contributed by atoms with Gasteiger partial charge in [0.1, 0.15) is 0 Å². The monoisotopic (exact) mass is 250 g/mol. The SMILES string of the molecule is CCNC(=O)C(C)OC(=O)c1ccc(N)cc1C. The van der Waals surface area contributed by atoms with Crippen molar-refractivity contribution in [2.75, 3.05) is 12.3 Å². The molecular weight excluding hydrogens is 232 g/mol. The highest BCUT2D eigenvalue weighted by Gasteiger charge is 2.19. The predicted molar refractivity (Wildman–Crippen MR) is 69.2 cm³/mol. The molecule has 0 spiro atoms. The summed E-state index contributed by atoms with van der Waals surface area (Å²) in [6.45, 7) is 5.61. The van der Waals surface area contributed by atoms with Crippen LogP contribution in [0, 0.1) is 6.92 Å². The molecule has 1 aromatic rings. The molecule has 0 aliphatic carbocycles. The second-order valence-electron chi connectivity index (χ2n) is 4.02. The number of hydrogen-bond donors (Lipinski definition) is 2. The molecule has 0 aliphatic rings. The molecule has 18 heavy (non-hydrogen) atoms. The number of nitrogens with one attached hydrogen (secondary N) is 1. The van der Waals surface area contributed by atoms with Crippen molar-refractivity contribution in [1.29, 1.82) is 0 Å². The zero-order chi connectivity index (χ0) is 13.7. The van der Waals surface area contributed by atoms with Crippen LogP contribution in [-0.4, -0.2) is 24.5 Å². The van der Waals surface area contributed by atoms with Crippen LogP contribution in [0.5, 0.6) is 0 Å². The van der Waals surface area contributed by atoms with Crippen molar-refractivity contribution in [1.82, 2.24) is 5.32 Å². The van der Waals surface area contributed by atoms with Gasteiger partial charge in [0.05, 0.1) is 5.56 Å². The minimum atomic E-state index is -0.811. The van der Waals surface area contributed by atoms with Gasteiger partial charge in [0, 0.05) is 12.2 Å². The minimum absolute atomic E-state index is 0.307. The summed E-state index contributed by atoms with van der Waals surface area (Å²) in [5.41, 5.74) is 7.33. The zero-order valence-electron chi connectivity index (χ0n) is 10.8. The molecule has 0 bridgehead atoms. The average molecular weight is 250 g/mol. The Morgan fingerprint density at radius 1 is 1.44 bits per heavy atom. The lowest BCUT2D eigenvalue weighted by Crippen LogP contribution is -2.35. The molecule has 98 valence electrons. The fraction of sp³-hybridized carbons (Fsp3) is 0.385. The van der Waals surface area contributed by atoms with Gasteiger partial charge < -0.3 is 15.8 Å². The van der Waals surface area contributed by atoms with E-state index < -0.39 is 12.1 Å². The summed E-state index contributed by atoms with van der Waals surface area (Å²) >= 11 is 0. The van der Waals surface area contributed by atoms with Gasteiger partial charge in [-0.25, -0.2) is 4.79 Å². The van der Waals surface area contributed by atoms with Crippen LogP contribution in [0.1, 0.15) is 29.8 Å². The van der Waals surface area contributed by atoms with Gasteiger partial charge in [-0.3, -0.25) is 4.79 Å². The number of carbonyl (C=O) groups excluding carboxylic acids is 2. The Morgan fingerprint density at radius 2 is 2.11 bits per heavy atom. The Kier molecular flexibility index (Phi) is 4.71. The maximum Gasteiger partial charge on any atom is 0.339 e. The van der Waals surface area contributed by atoms with Gasteiger partial charge in [-0.05, 0) is 44.5 Å². The van der Waals surface area contributed by atoms with E-state index in [4.69, 9.17) is 10.5 Å². The number of hydrogen-bond acceptors (Lipinski definition) is 4. The van der Waals surface area contributed by atoms with Crippen molar-refractivity contribution < 1.29 is 14.3 Å². The quantitative estimate of drug-likeness (QED) is 0.622. The number of anilines is 1. The Balaban J connectivity index is 2.73. The van der Waals surface area contributed by atoms with Crippen LogP contribution in [0.3, 0.4) is 0 Å². The zero-order valence-corrected chi connectivity index (χ0v) is 10.8. The van der Waals surface area contributed by atoms with Crippen molar-refractivity contribution in [2.24, 2.45) is 0 Å². The molecule has 1 rings (SSSR count). The number of amides is 1. The number of benzene rings is 1. The molecule has 0 radical (unpaired) electrons. The standard InChI is InChI=1S/C13H18N2O3/c1-4-15-12(16)9(3)18-13(17)11-6-5-10(14)7-8(11)2/h5-7,9H,4,14H2,1-3H3,(H,15,16). The molecule has 0 aromatic heterocycles. The normalized spacial score (nSPS) is 11.7. The number of nitrogen functional groups attached to an aromatic ring is 1. The molecular formula is C13H18N2O3. The van der Waals surface area contributed by atoms with Crippen molar-refractivity contribution in [3.8, 4) is 0 Å². The highest BCUT2D eigenvalue weighted by molar-refractivity contribution is 5.93. The summed E-state index contributed by atoms with van der Waals surface area (Å²) in [5, 5.41) is 2.59. The summed E-state index contributed by atoms with van der Waals surface area (Å²) in [7, 11) is 0. The molecule has 0 fully saturated rings. The molecule has 0 saturated heterocycles. The maximum absolute atomic E-state index is 11.9. The van der Waals surface area contributed by atoms with Gasteiger partial charge in [0.2, 0.25) is 0 Å². The Labute approximate surface area is 106 Å². The van der Waals surface area contributed by atoms with E-state index in [1.54, 1.807) is 32.0 Å². The Bertz CT molecular complexity index is 458. The number of rotatable bonds is 4. The van der Waals surface area contributed by atoms with E-state index >= 15 is 0 Å². The lowest BCUT2D eigenvalue weighted by molar-refractivity contribution is -0.128. The van der Waals surface area contributed by atoms with E-state index in [9.17, 15) is 9.59 Å². The molecule has 0 heterocycles. The predicted octanol–water partition coefficient (Wildman–Crippen LogP) is 1.26. The number of likely N-dealkylation sites (N-methyl/N-ethyl adjacent to an activating group) is 1. The van der Waals surface area contributed by atoms with Gasteiger partial charge in [-0.1, -0.05) is 0 Å². The first-order chi connectivity index (χ1) is 8.45. The first-order valence-corrected chi connectivity index (χ1v) is 5.80. The number of esters is 1. The smallest absolute Gasteiger partial charge is 0.339 e. The van der Waals surface area contributed by atoms with Crippen molar-refractivity contribution in [3.05, 3.63) is 29.3 Å². The van der Waals surface area contributed by atoms with E-state index in [-0.39, 0.29) is 5.91 Å². The second-order valence-corrected chi connectivity index (χ2v) is 4.02. The van der Waals surface area contributed by atoms with E-state index in [0.29, 0.717) is 17.8 Å². The topological polar surface area (TPSA) is 81.4 Å².